The number of hydrogen-bond acceptors (Lipinski definition) is 6. The van der Waals surface area contributed by atoms with Gasteiger partial charge in [0.2, 0.25) is 5.69 Å². The van der Waals surface area contributed by atoms with Gasteiger partial charge in [0.15, 0.2) is 17.4 Å². The molecular formula is C19H12FN5O4S. The second-order valence-electron chi connectivity index (χ2n) is 6.25. The van der Waals surface area contributed by atoms with Gasteiger partial charge >= 0.3 is 0 Å². The molecule has 0 atom stereocenters. The van der Waals surface area contributed by atoms with Crippen LogP contribution in [-0.4, -0.2) is 29.3 Å². The Kier molecular flexibility index (Phi) is 4.56. The summed E-state index contributed by atoms with van der Waals surface area (Å²) in [6.45, 7) is 8.49. The lowest BCUT2D eigenvalue weighted by Crippen LogP contribution is -2.15. The molecule has 11 heteroatoms. The van der Waals surface area contributed by atoms with Crippen LogP contribution in [0.2, 0.25) is 0 Å². The SMILES string of the molecule is [C-]#[N+]c1cnc2[nH]cc(C(=O)c3cccc(NS(=O)(=O)c4cnoc4C)c3F)c2c1. The number of aryl methyl sites for hydroxylation is 1. The fourth-order valence-electron chi connectivity index (χ4n) is 2.92. The van der Waals surface area contributed by atoms with Crippen molar-refractivity contribution in [3.05, 3.63) is 77.0 Å². The van der Waals surface area contributed by atoms with Gasteiger partial charge in [-0.25, -0.2) is 17.7 Å². The largest absolute Gasteiger partial charge is 0.360 e. The van der Waals surface area contributed by atoms with E-state index in [1.165, 1.54) is 43.6 Å². The molecule has 0 aliphatic carbocycles. The van der Waals surface area contributed by atoms with Gasteiger partial charge in [0.1, 0.15) is 10.5 Å². The van der Waals surface area contributed by atoms with Crippen molar-refractivity contribution in [1.82, 2.24) is 15.1 Å². The van der Waals surface area contributed by atoms with E-state index in [2.05, 4.69) is 24.7 Å². The Labute approximate surface area is 169 Å². The molecule has 0 fully saturated rings. The number of nitrogens with zero attached hydrogens (tertiary/aromatic N) is 3. The number of H-pyrrole nitrogens is 1. The first-order valence-electron chi connectivity index (χ1n) is 8.43. The minimum atomic E-state index is -4.17. The molecule has 0 amide bonds. The first-order chi connectivity index (χ1) is 14.3. The summed E-state index contributed by atoms with van der Waals surface area (Å²) in [6, 6.07) is 5.26. The number of pyridine rings is 1. The number of sulfonamides is 1. The molecule has 4 aromatic rings. The van der Waals surface area contributed by atoms with Gasteiger partial charge in [-0.1, -0.05) is 11.2 Å². The Hall–Kier alpha value is -4.04. The van der Waals surface area contributed by atoms with Crippen LogP contribution in [0.25, 0.3) is 15.9 Å². The Morgan fingerprint density at radius 2 is 2.10 bits per heavy atom. The van der Waals surface area contributed by atoms with Crippen LogP contribution in [0.3, 0.4) is 0 Å². The maximum absolute atomic E-state index is 15.1. The maximum Gasteiger partial charge on any atom is 0.267 e. The number of benzene rings is 1. The summed E-state index contributed by atoms with van der Waals surface area (Å²) < 4.78 is 46.9. The third-order valence-corrected chi connectivity index (χ3v) is 5.83. The summed E-state index contributed by atoms with van der Waals surface area (Å²) in [4.78, 5) is 22.9. The molecule has 0 unspecified atom stereocenters. The molecule has 3 heterocycles. The molecule has 9 nitrogen and oxygen atoms in total. The molecule has 150 valence electrons. The normalized spacial score (nSPS) is 11.4. The minimum Gasteiger partial charge on any atom is -0.360 e. The molecule has 0 saturated heterocycles. The smallest absolute Gasteiger partial charge is 0.267 e. The van der Waals surface area contributed by atoms with Crippen LogP contribution < -0.4 is 4.72 Å². The van der Waals surface area contributed by atoms with Crippen molar-refractivity contribution in [2.75, 3.05) is 4.72 Å². The first-order valence-corrected chi connectivity index (χ1v) is 9.92. The minimum absolute atomic E-state index is 0.0389. The molecule has 1 aromatic carbocycles. The predicted molar refractivity (Wildman–Crippen MR) is 104 cm³/mol. The molecule has 0 aliphatic rings. The van der Waals surface area contributed by atoms with Gasteiger partial charge in [0.25, 0.3) is 10.0 Å². The van der Waals surface area contributed by atoms with Crippen LogP contribution >= 0.6 is 0 Å². The summed E-state index contributed by atoms with van der Waals surface area (Å²) in [7, 11) is -4.17. The number of carbonyl (C=O) groups excluding carboxylic acids is 1. The van der Waals surface area contributed by atoms with E-state index in [1.54, 1.807) is 0 Å². The molecule has 2 N–H and O–H groups in total. The Morgan fingerprint density at radius 1 is 1.30 bits per heavy atom. The number of fused-ring (bicyclic) bond motifs is 1. The van der Waals surface area contributed by atoms with Gasteiger partial charge in [0.05, 0.1) is 24.0 Å². The molecule has 0 aliphatic heterocycles. The summed E-state index contributed by atoms with van der Waals surface area (Å²) in [6.07, 6.45) is 3.71. The molecular weight excluding hydrogens is 413 g/mol. The van der Waals surface area contributed by atoms with Crippen LogP contribution in [0, 0.1) is 19.3 Å². The van der Waals surface area contributed by atoms with E-state index >= 15 is 4.39 Å². The van der Waals surface area contributed by atoms with Gasteiger partial charge in [-0.05, 0) is 25.1 Å². The van der Waals surface area contributed by atoms with E-state index in [9.17, 15) is 13.2 Å². The number of aromatic nitrogens is 3. The van der Waals surface area contributed by atoms with E-state index in [0.717, 1.165) is 6.20 Å². The van der Waals surface area contributed by atoms with Crippen LogP contribution in [0.15, 0.2) is 52.3 Å². The second-order valence-corrected chi connectivity index (χ2v) is 7.90. The van der Waals surface area contributed by atoms with Crippen molar-refractivity contribution in [1.29, 1.82) is 0 Å². The van der Waals surface area contributed by atoms with Crippen LogP contribution in [0.5, 0.6) is 0 Å². The van der Waals surface area contributed by atoms with Crippen molar-refractivity contribution in [3.63, 3.8) is 0 Å². The zero-order valence-electron chi connectivity index (χ0n) is 15.3. The standard InChI is InChI=1S/C19H12FN5O4S/c1-10-16(9-24-29-10)30(27,28)25-15-5-3-4-12(17(15)20)18(26)14-8-23-19-13(14)6-11(21-2)7-22-19/h3-9,25H,1H3,(H,22,23). The molecule has 0 bridgehead atoms. The Balaban J connectivity index is 1.74. The average Bonchev–Trinajstić information content (AvgIpc) is 3.35. The number of rotatable bonds is 5. The summed E-state index contributed by atoms with van der Waals surface area (Å²) in [5.74, 6) is -1.69. The number of carbonyl (C=O) groups is 1. The highest BCUT2D eigenvalue weighted by Gasteiger charge is 2.25. The zero-order chi connectivity index (χ0) is 21.5. The molecule has 3 aromatic heterocycles. The average molecular weight is 425 g/mol. The van der Waals surface area contributed by atoms with Crippen molar-refractivity contribution in [3.8, 4) is 0 Å². The highest BCUT2D eigenvalue weighted by Crippen LogP contribution is 2.28. The van der Waals surface area contributed by atoms with E-state index < -0.39 is 27.3 Å². The predicted octanol–water partition coefficient (Wildman–Crippen LogP) is 3.58. The zero-order valence-corrected chi connectivity index (χ0v) is 16.1. The van der Waals surface area contributed by atoms with Gasteiger partial charge < -0.3 is 9.51 Å². The maximum atomic E-state index is 15.1. The fraction of sp³-hybridized carbons (Fsp3) is 0.0526. The Bertz CT molecular complexity index is 1450. The van der Waals surface area contributed by atoms with Gasteiger partial charge in [-0.3, -0.25) is 14.5 Å². The number of anilines is 1. The summed E-state index contributed by atoms with van der Waals surface area (Å²) in [5, 5.41) is 3.76. The molecule has 0 saturated carbocycles. The Morgan fingerprint density at radius 3 is 2.80 bits per heavy atom. The van der Waals surface area contributed by atoms with E-state index in [-0.39, 0.29) is 27.5 Å². The highest BCUT2D eigenvalue weighted by atomic mass is 32.2. The molecule has 4 rings (SSSR count). The topological polar surface area (TPSA) is 122 Å². The van der Waals surface area contributed by atoms with Gasteiger partial charge in [-0.2, -0.15) is 0 Å². The van der Waals surface area contributed by atoms with Crippen LogP contribution in [-0.2, 0) is 10.0 Å². The molecule has 0 radical (unpaired) electrons. The van der Waals surface area contributed by atoms with Crippen LogP contribution in [0.1, 0.15) is 21.7 Å². The molecule has 0 spiro atoms. The fourth-order valence-corrected chi connectivity index (χ4v) is 4.07. The summed E-state index contributed by atoms with van der Waals surface area (Å²) in [5.41, 5.74) is -0.0439. The third kappa shape index (κ3) is 3.19. The monoisotopic (exact) mass is 425 g/mol. The number of ketones is 1. The van der Waals surface area contributed by atoms with E-state index in [4.69, 9.17) is 11.1 Å². The van der Waals surface area contributed by atoms with Crippen LogP contribution in [0.4, 0.5) is 15.8 Å². The van der Waals surface area contributed by atoms with Crippen molar-refractivity contribution < 1.29 is 22.1 Å². The summed E-state index contributed by atoms with van der Waals surface area (Å²) >= 11 is 0. The van der Waals surface area contributed by atoms with Gasteiger partial charge in [-0.15, -0.1) is 0 Å². The lowest BCUT2D eigenvalue weighted by Gasteiger charge is -2.10. The van der Waals surface area contributed by atoms with Crippen molar-refractivity contribution in [2.24, 2.45) is 0 Å². The first kappa shape index (κ1) is 19.3. The number of hydrogen-bond donors (Lipinski definition) is 2. The van der Waals surface area contributed by atoms with Crippen molar-refractivity contribution in [2.45, 2.75) is 11.8 Å². The number of halogens is 1. The van der Waals surface area contributed by atoms with Crippen molar-refractivity contribution >= 4 is 38.2 Å². The van der Waals surface area contributed by atoms with E-state index in [0.29, 0.717) is 11.0 Å². The molecule has 30 heavy (non-hydrogen) atoms. The quantitative estimate of drug-likeness (QED) is 0.372. The van der Waals surface area contributed by atoms with E-state index in [1.807, 2.05) is 0 Å². The van der Waals surface area contributed by atoms with Gasteiger partial charge in [0, 0.05) is 23.3 Å². The lowest BCUT2D eigenvalue weighted by molar-refractivity contribution is 0.103. The third-order valence-electron chi connectivity index (χ3n) is 4.37. The second kappa shape index (κ2) is 7.09. The highest BCUT2D eigenvalue weighted by molar-refractivity contribution is 7.92. The lowest BCUT2D eigenvalue weighted by atomic mass is 10.0. The number of aromatic amines is 1. The number of nitrogens with one attached hydrogen (secondary N) is 2.